The molecule has 1 fully saturated rings. The van der Waals surface area contributed by atoms with Crippen LogP contribution in [0.4, 0.5) is 4.39 Å². The molecule has 0 saturated heterocycles. The first-order valence-corrected chi connectivity index (χ1v) is 6.92. The first-order valence-electron chi connectivity index (χ1n) is 6.92. The van der Waals surface area contributed by atoms with Gasteiger partial charge in [0.05, 0.1) is 6.61 Å². The van der Waals surface area contributed by atoms with Gasteiger partial charge in [0.2, 0.25) is 0 Å². The molecule has 0 atom stereocenters. The van der Waals surface area contributed by atoms with Crippen molar-refractivity contribution in [2.45, 2.75) is 32.3 Å². The maximum atomic E-state index is 13.4. The van der Waals surface area contributed by atoms with Gasteiger partial charge in [0.1, 0.15) is 5.82 Å². The summed E-state index contributed by atoms with van der Waals surface area (Å²) in [7, 11) is 0. The number of aliphatic carboxylic acids is 1. The topological polar surface area (TPSA) is 46.5 Å². The lowest BCUT2D eigenvalue weighted by atomic mass is 9.83. The Morgan fingerprint density at radius 1 is 1.40 bits per heavy atom. The summed E-state index contributed by atoms with van der Waals surface area (Å²) in [6.07, 6.45) is 7.37. The molecule has 1 aliphatic carbocycles. The predicted molar refractivity (Wildman–Crippen MR) is 74.7 cm³/mol. The Kier molecular flexibility index (Phi) is 5.30. The molecule has 0 spiro atoms. The second-order valence-corrected chi connectivity index (χ2v) is 5.20. The number of carboxylic acids is 1. The summed E-state index contributed by atoms with van der Waals surface area (Å²) in [5.74, 6) is -0.626. The minimum Gasteiger partial charge on any atom is -0.478 e. The van der Waals surface area contributed by atoms with Crippen molar-refractivity contribution in [2.75, 3.05) is 6.61 Å². The second-order valence-electron chi connectivity index (χ2n) is 5.20. The Morgan fingerprint density at radius 2 is 2.20 bits per heavy atom. The Balaban J connectivity index is 1.84. The normalized spacial score (nSPS) is 15.4. The van der Waals surface area contributed by atoms with Crippen LogP contribution in [0.5, 0.6) is 0 Å². The Labute approximate surface area is 118 Å². The van der Waals surface area contributed by atoms with Crippen LogP contribution in [0.2, 0.25) is 0 Å². The van der Waals surface area contributed by atoms with Crippen molar-refractivity contribution < 1.29 is 19.0 Å². The van der Waals surface area contributed by atoms with Crippen LogP contribution in [0.1, 0.15) is 36.8 Å². The summed E-state index contributed by atoms with van der Waals surface area (Å²) >= 11 is 0. The zero-order valence-electron chi connectivity index (χ0n) is 11.3. The van der Waals surface area contributed by atoms with Gasteiger partial charge in [0, 0.05) is 12.7 Å². The molecule has 0 aromatic heterocycles. The zero-order chi connectivity index (χ0) is 14.4. The molecule has 0 bridgehead atoms. The van der Waals surface area contributed by atoms with Gasteiger partial charge in [-0.1, -0.05) is 19.3 Å². The van der Waals surface area contributed by atoms with Crippen molar-refractivity contribution >= 4 is 12.0 Å². The molecule has 2 rings (SSSR count). The van der Waals surface area contributed by atoms with E-state index in [0.29, 0.717) is 18.8 Å². The van der Waals surface area contributed by atoms with E-state index in [1.54, 1.807) is 6.07 Å². The largest absolute Gasteiger partial charge is 0.478 e. The van der Waals surface area contributed by atoms with Crippen molar-refractivity contribution in [1.82, 2.24) is 0 Å². The van der Waals surface area contributed by atoms with Gasteiger partial charge in [-0.05, 0) is 47.7 Å². The van der Waals surface area contributed by atoms with Gasteiger partial charge in [0.25, 0.3) is 0 Å². The number of benzene rings is 1. The molecule has 108 valence electrons. The molecule has 1 aromatic rings. The third-order valence-corrected chi connectivity index (χ3v) is 3.56. The monoisotopic (exact) mass is 278 g/mol. The summed E-state index contributed by atoms with van der Waals surface area (Å²) in [5, 5.41) is 8.56. The maximum absolute atomic E-state index is 13.4. The van der Waals surface area contributed by atoms with Gasteiger partial charge in [0.15, 0.2) is 0 Å². The second kappa shape index (κ2) is 7.20. The number of carbonyl (C=O) groups is 1. The lowest BCUT2D eigenvalue weighted by Crippen LogP contribution is -2.13. The van der Waals surface area contributed by atoms with Crippen LogP contribution in [0.25, 0.3) is 6.08 Å². The SMILES string of the molecule is O=C(O)/C=C/c1cc(F)cc(COCCC2CCC2)c1. The quantitative estimate of drug-likeness (QED) is 0.612. The van der Waals surface area contributed by atoms with Gasteiger partial charge in [-0.15, -0.1) is 0 Å². The molecule has 1 aromatic carbocycles. The van der Waals surface area contributed by atoms with Crippen molar-refractivity contribution in [2.24, 2.45) is 5.92 Å². The molecular weight excluding hydrogens is 259 g/mol. The van der Waals surface area contributed by atoms with E-state index in [1.807, 2.05) is 0 Å². The maximum Gasteiger partial charge on any atom is 0.328 e. The average Bonchev–Trinajstić information content (AvgIpc) is 2.33. The predicted octanol–water partition coefficient (Wildman–Crippen LogP) is 3.63. The van der Waals surface area contributed by atoms with Crippen molar-refractivity contribution in [3.05, 3.63) is 41.2 Å². The van der Waals surface area contributed by atoms with Crippen LogP contribution in [0, 0.1) is 11.7 Å². The van der Waals surface area contributed by atoms with E-state index in [-0.39, 0.29) is 5.82 Å². The molecular formula is C16H19FO3. The fraction of sp³-hybridized carbons (Fsp3) is 0.438. The molecule has 20 heavy (non-hydrogen) atoms. The molecule has 3 nitrogen and oxygen atoms in total. The third kappa shape index (κ3) is 4.78. The van der Waals surface area contributed by atoms with Crippen LogP contribution in [0.15, 0.2) is 24.3 Å². The summed E-state index contributed by atoms with van der Waals surface area (Å²) in [4.78, 5) is 10.4. The van der Waals surface area contributed by atoms with Gasteiger partial charge < -0.3 is 9.84 Å². The highest BCUT2D eigenvalue weighted by Crippen LogP contribution is 2.29. The van der Waals surface area contributed by atoms with Crippen LogP contribution >= 0.6 is 0 Å². The molecule has 1 N–H and O–H groups in total. The Morgan fingerprint density at radius 3 is 2.85 bits per heavy atom. The number of ether oxygens (including phenoxy) is 1. The average molecular weight is 278 g/mol. The highest BCUT2D eigenvalue weighted by atomic mass is 19.1. The molecule has 1 aliphatic rings. The van der Waals surface area contributed by atoms with Crippen LogP contribution in [0.3, 0.4) is 0 Å². The minimum absolute atomic E-state index is 0.360. The fourth-order valence-corrected chi connectivity index (χ4v) is 2.24. The molecule has 1 saturated carbocycles. The summed E-state index contributed by atoms with van der Waals surface area (Å²) in [6.45, 7) is 1.06. The Hall–Kier alpha value is -1.68. The lowest BCUT2D eigenvalue weighted by Gasteiger charge is -2.24. The van der Waals surface area contributed by atoms with Gasteiger partial charge in [-0.3, -0.25) is 0 Å². The van der Waals surface area contributed by atoms with Crippen molar-refractivity contribution in [3.8, 4) is 0 Å². The summed E-state index contributed by atoms with van der Waals surface area (Å²) < 4.78 is 19.0. The first kappa shape index (κ1) is 14.7. The van der Waals surface area contributed by atoms with Gasteiger partial charge in [-0.25, -0.2) is 9.18 Å². The molecule has 0 unspecified atom stereocenters. The van der Waals surface area contributed by atoms with Crippen molar-refractivity contribution in [3.63, 3.8) is 0 Å². The van der Waals surface area contributed by atoms with E-state index in [2.05, 4.69) is 0 Å². The molecule has 0 aliphatic heterocycles. The van der Waals surface area contributed by atoms with E-state index in [4.69, 9.17) is 9.84 Å². The molecule has 4 heteroatoms. The van der Waals surface area contributed by atoms with E-state index < -0.39 is 5.97 Å². The molecule has 0 radical (unpaired) electrons. The molecule has 0 heterocycles. The standard InChI is InChI=1S/C16H19FO3/c17-15-9-13(4-5-16(18)19)8-14(10-15)11-20-7-6-12-2-1-3-12/h4-5,8-10,12H,1-3,6-7,11H2,(H,18,19)/b5-4+. The summed E-state index contributed by atoms with van der Waals surface area (Å²) in [5.41, 5.74) is 1.26. The van der Waals surface area contributed by atoms with E-state index >= 15 is 0 Å². The van der Waals surface area contributed by atoms with E-state index in [1.165, 1.54) is 37.5 Å². The highest BCUT2D eigenvalue weighted by Gasteiger charge is 2.16. The van der Waals surface area contributed by atoms with Gasteiger partial charge >= 0.3 is 5.97 Å². The number of hydrogen-bond donors (Lipinski definition) is 1. The minimum atomic E-state index is -1.05. The first-order chi connectivity index (χ1) is 9.63. The van der Waals surface area contributed by atoms with Crippen molar-refractivity contribution in [1.29, 1.82) is 0 Å². The number of carboxylic acid groups (broad SMARTS) is 1. The zero-order valence-corrected chi connectivity index (χ0v) is 11.3. The lowest BCUT2D eigenvalue weighted by molar-refractivity contribution is -0.131. The van der Waals surface area contributed by atoms with Crippen LogP contribution in [-0.4, -0.2) is 17.7 Å². The number of rotatable bonds is 7. The molecule has 0 amide bonds. The third-order valence-electron chi connectivity index (χ3n) is 3.56. The van der Waals surface area contributed by atoms with E-state index in [0.717, 1.165) is 24.0 Å². The Bertz CT molecular complexity index is 492. The number of halogens is 1. The van der Waals surface area contributed by atoms with Crippen LogP contribution < -0.4 is 0 Å². The van der Waals surface area contributed by atoms with E-state index in [9.17, 15) is 9.18 Å². The highest BCUT2D eigenvalue weighted by molar-refractivity contribution is 5.85. The smallest absolute Gasteiger partial charge is 0.328 e. The number of hydrogen-bond acceptors (Lipinski definition) is 2. The summed E-state index contributed by atoms with van der Waals surface area (Å²) in [6, 6.07) is 4.46. The fourth-order valence-electron chi connectivity index (χ4n) is 2.24. The van der Waals surface area contributed by atoms with Gasteiger partial charge in [-0.2, -0.15) is 0 Å². The van der Waals surface area contributed by atoms with Crippen LogP contribution in [-0.2, 0) is 16.1 Å².